The fourth-order valence-electron chi connectivity index (χ4n) is 2.69. The van der Waals surface area contributed by atoms with Crippen LogP contribution in [0.15, 0.2) is 22.6 Å². The van der Waals surface area contributed by atoms with Crippen LogP contribution in [0, 0.1) is 0 Å². The van der Waals surface area contributed by atoms with Crippen LogP contribution in [0.25, 0.3) is 11.1 Å². The summed E-state index contributed by atoms with van der Waals surface area (Å²) in [4.78, 5) is 16.6. The summed E-state index contributed by atoms with van der Waals surface area (Å²) in [6, 6.07) is 5.90. The van der Waals surface area contributed by atoms with Crippen molar-refractivity contribution < 1.29 is 9.21 Å². The van der Waals surface area contributed by atoms with E-state index < -0.39 is 0 Å². The molecule has 2 aromatic rings. The minimum Gasteiger partial charge on any atom is -0.440 e. The number of halogens is 1. The van der Waals surface area contributed by atoms with Gasteiger partial charge in [-0.05, 0) is 37.6 Å². The Balaban J connectivity index is 0.00000192. The smallest absolute Gasteiger partial charge is 0.225 e. The summed E-state index contributed by atoms with van der Waals surface area (Å²) in [7, 11) is 0. The Morgan fingerprint density at radius 1 is 1.43 bits per heavy atom. The number of fused-ring (bicyclic) bond motifs is 1. The van der Waals surface area contributed by atoms with Crippen molar-refractivity contribution in [1.82, 2.24) is 10.3 Å². The number of amides is 1. The zero-order chi connectivity index (χ0) is 15.7. The number of aromatic nitrogens is 1. The van der Waals surface area contributed by atoms with Gasteiger partial charge < -0.3 is 15.1 Å². The average Bonchev–Trinajstić information content (AvgIpc) is 3.06. The lowest BCUT2D eigenvalue weighted by molar-refractivity contribution is -0.116. The lowest BCUT2D eigenvalue weighted by Gasteiger charge is -2.11. The van der Waals surface area contributed by atoms with E-state index >= 15 is 0 Å². The molecule has 23 heavy (non-hydrogen) atoms. The van der Waals surface area contributed by atoms with Gasteiger partial charge in [0.1, 0.15) is 5.52 Å². The molecule has 0 aliphatic carbocycles. The van der Waals surface area contributed by atoms with Crippen LogP contribution in [0.1, 0.15) is 45.9 Å². The Hall–Kier alpha value is -1.59. The Morgan fingerprint density at radius 2 is 2.22 bits per heavy atom. The molecule has 2 heterocycles. The molecule has 3 rings (SSSR count). The highest BCUT2D eigenvalue weighted by molar-refractivity contribution is 5.93. The molecular formula is C17H24ClN3O2. The predicted molar refractivity (Wildman–Crippen MR) is 94.2 cm³/mol. The highest BCUT2D eigenvalue weighted by Gasteiger charge is 2.21. The van der Waals surface area contributed by atoms with Gasteiger partial charge in [-0.2, -0.15) is 0 Å². The molecule has 1 saturated heterocycles. The van der Waals surface area contributed by atoms with Crippen molar-refractivity contribution in [3.8, 4) is 0 Å². The van der Waals surface area contributed by atoms with Crippen LogP contribution < -0.4 is 10.6 Å². The molecule has 1 aliphatic heterocycles. The number of rotatable bonds is 3. The van der Waals surface area contributed by atoms with Crippen LogP contribution in [0.5, 0.6) is 0 Å². The average molecular weight is 338 g/mol. The van der Waals surface area contributed by atoms with Gasteiger partial charge in [0, 0.05) is 23.6 Å². The molecule has 0 spiro atoms. The predicted octanol–water partition coefficient (Wildman–Crippen LogP) is 3.63. The second-order valence-electron chi connectivity index (χ2n) is 7.00. The maximum atomic E-state index is 12.1. The number of anilines is 1. The Bertz CT molecular complexity index is 685. The molecule has 0 radical (unpaired) electrons. The van der Waals surface area contributed by atoms with E-state index in [4.69, 9.17) is 4.42 Å². The summed E-state index contributed by atoms with van der Waals surface area (Å²) >= 11 is 0. The summed E-state index contributed by atoms with van der Waals surface area (Å²) < 4.78 is 5.77. The van der Waals surface area contributed by atoms with E-state index in [1.807, 2.05) is 18.2 Å². The summed E-state index contributed by atoms with van der Waals surface area (Å²) in [6.45, 7) is 7.21. The molecule has 0 bridgehead atoms. The third-order valence-electron chi connectivity index (χ3n) is 3.91. The topological polar surface area (TPSA) is 67.2 Å². The molecule has 1 aromatic heterocycles. The maximum absolute atomic E-state index is 12.1. The first-order valence-electron chi connectivity index (χ1n) is 7.86. The standard InChI is InChI=1S/C17H23N3O2.ClH/c1-17(2,3)16-20-13-9-12(6-7-14(13)22-16)19-15(21)10-11-5-4-8-18-11;/h6-7,9,11,18H,4-5,8,10H2,1-3H3,(H,19,21);1H. The minimum atomic E-state index is -0.128. The molecule has 1 fully saturated rings. The van der Waals surface area contributed by atoms with Gasteiger partial charge in [0.2, 0.25) is 11.8 Å². The van der Waals surface area contributed by atoms with Crippen LogP contribution in [0.4, 0.5) is 5.69 Å². The van der Waals surface area contributed by atoms with Gasteiger partial charge in [-0.3, -0.25) is 4.79 Å². The zero-order valence-corrected chi connectivity index (χ0v) is 14.6. The molecule has 1 aromatic carbocycles. The van der Waals surface area contributed by atoms with Gasteiger partial charge in [0.25, 0.3) is 0 Å². The number of nitrogens with one attached hydrogen (secondary N) is 2. The summed E-state index contributed by atoms with van der Waals surface area (Å²) in [5.74, 6) is 0.749. The van der Waals surface area contributed by atoms with Crippen molar-refractivity contribution in [2.75, 3.05) is 11.9 Å². The quantitative estimate of drug-likeness (QED) is 0.897. The highest BCUT2D eigenvalue weighted by Crippen LogP contribution is 2.27. The van der Waals surface area contributed by atoms with E-state index in [-0.39, 0.29) is 23.7 Å². The first kappa shape index (κ1) is 17.8. The zero-order valence-electron chi connectivity index (χ0n) is 13.8. The van der Waals surface area contributed by atoms with Gasteiger partial charge in [0.05, 0.1) is 0 Å². The third-order valence-corrected chi connectivity index (χ3v) is 3.91. The van der Waals surface area contributed by atoms with E-state index in [1.165, 1.54) is 0 Å². The third kappa shape index (κ3) is 4.24. The lowest BCUT2D eigenvalue weighted by Crippen LogP contribution is -2.27. The van der Waals surface area contributed by atoms with Crippen molar-refractivity contribution in [2.45, 2.75) is 51.5 Å². The molecule has 1 aliphatic rings. The number of hydrogen-bond acceptors (Lipinski definition) is 4. The summed E-state index contributed by atoms with van der Waals surface area (Å²) in [5.41, 5.74) is 2.17. The van der Waals surface area contributed by atoms with Crippen molar-refractivity contribution in [1.29, 1.82) is 0 Å². The molecule has 0 saturated carbocycles. The second kappa shape index (κ2) is 6.89. The van der Waals surface area contributed by atoms with E-state index in [9.17, 15) is 4.79 Å². The maximum Gasteiger partial charge on any atom is 0.225 e. The normalized spacial score (nSPS) is 18.0. The van der Waals surface area contributed by atoms with Crippen LogP contribution >= 0.6 is 12.4 Å². The monoisotopic (exact) mass is 337 g/mol. The van der Waals surface area contributed by atoms with Crippen LogP contribution in [-0.2, 0) is 10.2 Å². The van der Waals surface area contributed by atoms with E-state index in [2.05, 4.69) is 36.4 Å². The summed E-state index contributed by atoms with van der Waals surface area (Å²) in [6.07, 6.45) is 2.74. The molecule has 1 atom stereocenters. The summed E-state index contributed by atoms with van der Waals surface area (Å²) in [5, 5.41) is 6.28. The molecule has 6 heteroatoms. The van der Waals surface area contributed by atoms with Crippen LogP contribution in [0.3, 0.4) is 0 Å². The molecule has 2 N–H and O–H groups in total. The Kier molecular flexibility index (Phi) is 5.32. The molecule has 5 nitrogen and oxygen atoms in total. The first-order chi connectivity index (χ1) is 10.4. The van der Waals surface area contributed by atoms with E-state index in [0.29, 0.717) is 18.4 Å². The van der Waals surface area contributed by atoms with Crippen molar-refractivity contribution >= 4 is 35.1 Å². The number of carbonyl (C=O) groups is 1. The van der Waals surface area contributed by atoms with Gasteiger partial charge in [0.15, 0.2) is 5.58 Å². The van der Waals surface area contributed by atoms with Gasteiger partial charge in [-0.15, -0.1) is 12.4 Å². The SMILES string of the molecule is CC(C)(C)c1nc2cc(NC(=O)CC3CCCN3)ccc2o1.Cl. The molecule has 126 valence electrons. The van der Waals surface area contributed by atoms with Crippen LogP contribution in [-0.4, -0.2) is 23.5 Å². The Labute approximate surface area is 142 Å². The van der Waals surface area contributed by atoms with Crippen molar-refractivity contribution in [3.05, 3.63) is 24.1 Å². The molecule has 1 amide bonds. The lowest BCUT2D eigenvalue weighted by atomic mass is 9.97. The second-order valence-corrected chi connectivity index (χ2v) is 7.00. The first-order valence-corrected chi connectivity index (χ1v) is 7.86. The van der Waals surface area contributed by atoms with Crippen LogP contribution in [0.2, 0.25) is 0 Å². The van der Waals surface area contributed by atoms with Crippen molar-refractivity contribution in [2.24, 2.45) is 0 Å². The van der Waals surface area contributed by atoms with E-state index in [1.54, 1.807) is 0 Å². The highest BCUT2D eigenvalue weighted by atomic mass is 35.5. The van der Waals surface area contributed by atoms with Gasteiger partial charge >= 0.3 is 0 Å². The number of oxazole rings is 1. The number of carbonyl (C=O) groups excluding carboxylic acids is 1. The fraction of sp³-hybridized carbons (Fsp3) is 0.529. The minimum absolute atomic E-state index is 0. The molecule has 1 unspecified atom stereocenters. The fourth-order valence-corrected chi connectivity index (χ4v) is 2.69. The van der Waals surface area contributed by atoms with E-state index in [0.717, 1.165) is 36.2 Å². The number of benzene rings is 1. The Morgan fingerprint density at radius 3 is 2.87 bits per heavy atom. The molecular weight excluding hydrogens is 314 g/mol. The largest absolute Gasteiger partial charge is 0.440 e. The number of hydrogen-bond donors (Lipinski definition) is 2. The van der Waals surface area contributed by atoms with Crippen molar-refractivity contribution in [3.63, 3.8) is 0 Å². The van der Waals surface area contributed by atoms with Gasteiger partial charge in [-0.1, -0.05) is 20.8 Å². The van der Waals surface area contributed by atoms with Gasteiger partial charge in [-0.25, -0.2) is 4.98 Å². The number of nitrogens with zero attached hydrogens (tertiary/aromatic N) is 1.